The number of carbonyl (C=O) groups is 1. The molecule has 1 aromatic heterocycles. The van der Waals surface area contributed by atoms with Gasteiger partial charge in [0.15, 0.2) is 11.5 Å². The lowest BCUT2D eigenvalue weighted by Gasteiger charge is -2.31. The van der Waals surface area contributed by atoms with Gasteiger partial charge in [0.2, 0.25) is 5.75 Å². The number of hydrogen-bond acceptors (Lipinski definition) is 6. The first-order valence-corrected chi connectivity index (χ1v) is 11.2. The highest BCUT2D eigenvalue weighted by atomic mass is 16.5. The standard InChI is InChI=1S/C24H34N2O5/c1-4-28-21-14-19(15-22(29-5-2)23(21)30-6-3)24(27)25-16-18-9-11-26(12-10-18)17-20-8-7-13-31-20/h7-8,13-15,18H,4-6,9-12,16-17H2,1-3H3,(H,25,27). The second kappa shape index (κ2) is 11.6. The monoisotopic (exact) mass is 430 g/mol. The fourth-order valence-corrected chi connectivity index (χ4v) is 3.83. The third kappa shape index (κ3) is 6.40. The molecule has 1 fully saturated rings. The smallest absolute Gasteiger partial charge is 0.251 e. The van der Waals surface area contributed by atoms with Crippen molar-refractivity contribution in [2.24, 2.45) is 5.92 Å². The first-order valence-electron chi connectivity index (χ1n) is 11.2. The number of nitrogens with one attached hydrogen (secondary N) is 1. The summed E-state index contributed by atoms with van der Waals surface area (Å²) in [7, 11) is 0. The summed E-state index contributed by atoms with van der Waals surface area (Å²) in [5.74, 6) is 2.96. The SMILES string of the molecule is CCOc1cc(C(=O)NCC2CCN(Cc3ccco3)CC2)cc(OCC)c1OCC. The summed E-state index contributed by atoms with van der Waals surface area (Å²) in [6, 6.07) is 7.40. The maximum Gasteiger partial charge on any atom is 0.251 e. The maximum absolute atomic E-state index is 12.9. The van der Waals surface area contributed by atoms with Crippen molar-refractivity contribution in [3.8, 4) is 17.2 Å². The molecule has 2 heterocycles. The highest BCUT2D eigenvalue weighted by Gasteiger charge is 2.22. The normalized spacial score (nSPS) is 14.9. The molecule has 3 rings (SSSR count). The molecule has 0 unspecified atom stereocenters. The Morgan fingerprint density at radius 3 is 2.26 bits per heavy atom. The molecular weight excluding hydrogens is 396 g/mol. The van der Waals surface area contributed by atoms with E-state index in [-0.39, 0.29) is 5.91 Å². The number of benzene rings is 1. The number of amides is 1. The van der Waals surface area contributed by atoms with Crippen molar-refractivity contribution in [1.82, 2.24) is 10.2 Å². The molecule has 1 aliphatic rings. The number of rotatable bonds is 11. The van der Waals surface area contributed by atoms with Crippen LogP contribution in [0.3, 0.4) is 0 Å². The van der Waals surface area contributed by atoms with E-state index in [9.17, 15) is 4.79 Å². The van der Waals surface area contributed by atoms with Crippen LogP contribution >= 0.6 is 0 Å². The fourth-order valence-electron chi connectivity index (χ4n) is 3.83. The molecule has 2 aromatic rings. The van der Waals surface area contributed by atoms with E-state index in [0.717, 1.165) is 38.2 Å². The van der Waals surface area contributed by atoms with Crippen LogP contribution in [0, 0.1) is 5.92 Å². The van der Waals surface area contributed by atoms with E-state index in [1.807, 2.05) is 32.9 Å². The Kier molecular flexibility index (Phi) is 8.64. The summed E-state index contributed by atoms with van der Waals surface area (Å²) < 4.78 is 22.6. The largest absolute Gasteiger partial charge is 0.490 e. The number of likely N-dealkylation sites (tertiary alicyclic amines) is 1. The predicted molar refractivity (Wildman–Crippen MR) is 119 cm³/mol. The maximum atomic E-state index is 12.9. The summed E-state index contributed by atoms with van der Waals surface area (Å²) in [6.45, 7) is 10.7. The van der Waals surface area contributed by atoms with Gasteiger partial charge in [0.25, 0.3) is 5.91 Å². The molecule has 1 N–H and O–H groups in total. The van der Waals surface area contributed by atoms with E-state index < -0.39 is 0 Å². The first-order chi connectivity index (χ1) is 15.1. The van der Waals surface area contributed by atoms with Crippen LogP contribution in [-0.2, 0) is 6.54 Å². The minimum Gasteiger partial charge on any atom is -0.490 e. The third-order valence-electron chi connectivity index (χ3n) is 5.39. The van der Waals surface area contributed by atoms with Crippen LogP contribution < -0.4 is 19.5 Å². The second-order valence-corrected chi connectivity index (χ2v) is 7.61. The van der Waals surface area contributed by atoms with E-state index in [4.69, 9.17) is 18.6 Å². The van der Waals surface area contributed by atoms with Crippen molar-refractivity contribution in [3.05, 3.63) is 41.9 Å². The highest BCUT2D eigenvalue weighted by molar-refractivity contribution is 5.95. The van der Waals surface area contributed by atoms with Crippen LogP contribution in [-0.4, -0.2) is 50.3 Å². The van der Waals surface area contributed by atoms with E-state index in [1.54, 1.807) is 18.4 Å². The average molecular weight is 431 g/mol. The fraction of sp³-hybridized carbons (Fsp3) is 0.542. The molecule has 0 bridgehead atoms. The quantitative estimate of drug-likeness (QED) is 0.578. The number of nitrogens with zero attached hydrogens (tertiary/aromatic N) is 1. The number of piperidine rings is 1. The Bertz CT molecular complexity index is 786. The predicted octanol–water partition coefficient (Wildman–Crippen LogP) is 4.12. The van der Waals surface area contributed by atoms with Crippen molar-refractivity contribution in [1.29, 1.82) is 0 Å². The van der Waals surface area contributed by atoms with E-state index >= 15 is 0 Å². The Morgan fingerprint density at radius 1 is 1.06 bits per heavy atom. The van der Waals surface area contributed by atoms with Crippen LogP contribution in [0.1, 0.15) is 49.7 Å². The molecule has 0 radical (unpaired) electrons. The zero-order valence-corrected chi connectivity index (χ0v) is 18.8. The van der Waals surface area contributed by atoms with Gasteiger partial charge in [0.1, 0.15) is 5.76 Å². The molecule has 7 nitrogen and oxygen atoms in total. The van der Waals surface area contributed by atoms with Crippen molar-refractivity contribution >= 4 is 5.91 Å². The molecule has 170 valence electrons. The summed E-state index contributed by atoms with van der Waals surface area (Å²) in [5.41, 5.74) is 0.519. The first kappa shape index (κ1) is 23.0. The van der Waals surface area contributed by atoms with Gasteiger partial charge in [0.05, 0.1) is 32.6 Å². The molecule has 1 saturated heterocycles. The number of carbonyl (C=O) groups excluding carboxylic acids is 1. The van der Waals surface area contributed by atoms with Crippen LogP contribution in [0.2, 0.25) is 0 Å². The summed E-state index contributed by atoms with van der Waals surface area (Å²) in [6.07, 6.45) is 3.82. The lowest BCUT2D eigenvalue weighted by atomic mass is 9.96. The molecule has 1 amide bonds. The van der Waals surface area contributed by atoms with E-state index in [2.05, 4.69) is 10.2 Å². The van der Waals surface area contributed by atoms with E-state index in [1.165, 1.54) is 0 Å². The second-order valence-electron chi connectivity index (χ2n) is 7.61. The van der Waals surface area contributed by atoms with Crippen molar-refractivity contribution in [3.63, 3.8) is 0 Å². The molecule has 31 heavy (non-hydrogen) atoms. The molecule has 0 aliphatic carbocycles. The topological polar surface area (TPSA) is 73.2 Å². The minimum atomic E-state index is -0.122. The Hall–Kier alpha value is -2.67. The third-order valence-corrected chi connectivity index (χ3v) is 5.39. The zero-order chi connectivity index (χ0) is 22.1. The minimum absolute atomic E-state index is 0.122. The molecule has 0 atom stereocenters. The lowest BCUT2D eigenvalue weighted by Crippen LogP contribution is -2.38. The van der Waals surface area contributed by atoms with Crippen LogP contribution in [0.15, 0.2) is 34.9 Å². The molecule has 0 spiro atoms. The van der Waals surface area contributed by atoms with Gasteiger partial charge >= 0.3 is 0 Å². The zero-order valence-electron chi connectivity index (χ0n) is 18.8. The lowest BCUT2D eigenvalue weighted by molar-refractivity contribution is 0.0933. The van der Waals surface area contributed by atoms with E-state index in [0.29, 0.717) is 55.1 Å². The van der Waals surface area contributed by atoms with Gasteiger partial charge < -0.3 is 23.9 Å². The Balaban J connectivity index is 1.57. The van der Waals surface area contributed by atoms with Crippen LogP contribution in [0.5, 0.6) is 17.2 Å². The molecule has 0 saturated carbocycles. The number of ether oxygens (including phenoxy) is 3. The Labute approximate surface area is 184 Å². The van der Waals surface area contributed by atoms with Crippen molar-refractivity contribution in [2.45, 2.75) is 40.2 Å². The van der Waals surface area contributed by atoms with Crippen LogP contribution in [0.4, 0.5) is 0 Å². The highest BCUT2D eigenvalue weighted by Crippen LogP contribution is 2.39. The average Bonchev–Trinajstić information content (AvgIpc) is 3.28. The van der Waals surface area contributed by atoms with Gasteiger partial charge in [-0.05, 0) is 76.9 Å². The summed E-state index contributed by atoms with van der Waals surface area (Å²) in [5, 5.41) is 3.09. The van der Waals surface area contributed by atoms with Gasteiger partial charge in [-0.15, -0.1) is 0 Å². The van der Waals surface area contributed by atoms with Crippen molar-refractivity contribution in [2.75, 3.05) is 39.5 Å². The van der Waals surface area contributed by atoms with Gasteiger partial charge in [-0.2, -0.15) is 0 Å². The van der Waals surface area contributed by atoms with Gasteiger partial charge in [-0.25, -0.2) is 0 Å². The number of furan rings is 1. The molecule has 1 aromatic carbocycles. The van der Waals surface area contributed by atoms with Gasteiger partial charge in [-0.3, -0.25) is 9.69 Å². The van der Waals surface area contributed by atoms with Crippen LogP contribution in [0.25, 0.3) is 0 Å². The molecule has 7 heteroatoms. The summed E-state index contributed by atoms with van der Waals surface area (Å²) in [4.78, 5) is 15.3. The molecular formula is C24H34N2O5. The number of hydrogen-bond donors (Lipinski definition) is 1. The van der Waals surface area contributed by atoms with Gasteiger partial charge in [-0.1, -0.05) is 0 Å². The Morgan fingerprint density at radius 2 is 1.71 bits per heavy atom. The van der Waals surface area contributed by atoms with Gasteiger partial charge in [0, 0.05) is 12.1 Å². The molecule has 1 aliphatic heterocycles. The summed E-state index contributed by atoms with van der Waals surface area (Å²) >= 11 is 0. The van der Waals surface area contributed by atoms with Crippen molar-refractivity contribution < 1.29 is 23.4 Å².